The summed E-state index contributed by atoms with van der Waals surface area (Å²) in [6.45, 7) is 7.65. The number of ether oxygens (including phenoxy) is 2. The highest BCUT2D eigenvalue weighted by Gasteiger charge is 2.41. The molecule has 6 N–H and O–H groups in total. The van der Waals surface area contributed by atoms with Gasteiger partial charge in [-0.3, -0.25) is 19.2 Å². The molecule has 4 aromatic rings. The van der Waals surface area contributed by atoms with Crippen LogP contribution < -0.4 is 30.7 Å². The summed E-state index contributed by atoms with van der Waals surface area (Å²) in [6, 6.07) is 26.5. The molecule has 0 bridgehead atoms. The molecule has 2 aliphatic carbocycles. The molecule has 4 aromatic carbocycles. The number of carbonyl (C=O) groups is 4. The van der Waals surface area contributed by atoms with E-state index in [1.165, 1.54) is 0 Å². The van der Waals surface area contributed by atoms with E-state index in [0.29, 0.717) is 57.7 Å². The van der Waals surface area contributed by atoms with Crippen LogP contribution in [0.25, 0.3) is 0 Å². The number of nitrogens with one attached hydrogen (secondary N) is 4. The van der Waals surface area contributed by atoms with E-state index in [4.69, 9.17) is 9.47 Å². The van der Waals surface area contributed by atoms with E-state index in [1.54, 1.807) is 74.9 Å². The van der Waals surface area contributed by atoms with E-state index in [9.17, 15) is 39.9 Å². The smallest absolute Gasteiger partial charge is 0.220 e. The molecule has 0 aromatic heterocycles. The number of nitriles is 2. The Morgan fingerprint density at radius 3 is 1.41 bits per heavy atom. The van der Waals surface area contributed by atoms with Crippen LogP contribution in [0.4, 0.5) is 0 Å². The van der Waals surface area contributed by atoms with Crippen LogP contribution in [-0.4, -0.2) is 85.2 Å². The van der Waals surface area contributed by atoms with Crippen LogP contribution in [-0.2, 0) is 22.4 Å². The minimum Gasteiger partial charge on any atom is -0.497 e. The largest absolute Gasteiger partial charge is 0.497 e. The van der Waals surface area contributed by atoms with E-state index >= 15 is 0 Å². The summed E-state index contributed by atoms with van der Waals surface area (Å²) < 4.78 is 10.9. The number of hydrogen-bond acceptors (Lipinski definition) is 12. The van der Waals surface area contributed by atoms with Crippen molar-refractivity contribution in [2.24, 2.45) is 10.8 Å². The number of methoxy groups -OCH3 is 2. The van der Waals surface area contributed by atoms with E-state index in [1.807, 2.05) is 52.0 Å². The molecule has 0 spiro atoms. The Bertz CT molecular complexity index is 2350. The number of rotatable bonds is 19. The number of nitrogens with zero attached hydrogens (tertiary/aromatic N) is 2. The number of fused-ring (bicyclic) bond motifs is 2. The normalized spacial score (nSPS) is 18.8. The zero-order valence-electron chi connectivity index (χ0n) is 38.4. The van der Waals surface area contributed by atoms with Crippen molar-refractivity contribution in [3.8, 4) is 23.6 Å². The fourth-order valence-electron chi connectivity index (χ4n) is 9.05. The van der Waals surface area contributed by atoms with Gasteiger partial charge < -0.3 is 41.0 Å². The van der Waals surface area contributed by atoms with Crippen LogP contribution in [0.1, 0.15) is 120 Å². The lowest BCUT2D eigenvalue weighted by molar-refractivity contribution is -0.128. The molecule has 14 heteroatoms. The highest BCUT2D eigenvalue weighted by atomic mass is 16.5. The molecule has 0 radical (unpaired) electrons. The highest BCUT2D eigenvalue weighted by Crippen LogP contribution is 2.43. The third-order valence-corrected chi connectivity index (χ3v) is 12.8. The monoisotopic (exact) mass is 896 g/mol. The van der Waals surface area contributed by atoms with E-state index < -0.39 is 46.9 Å². The van der Waals surface area contributed by atoms with Gasteiger partial charge in [-0.2, -0.15) is 10.5 Å². The molecule has 2 amide bonds. The molecular weight excluding hydrogens is 837 g/mol. The van der Waals surface area contributed by atoms with Gasteiger partial charge in [0, 0.05) is 60.0 Å². The Morgan fingerprint density at radius 1 is 0.652 bits per heavy atom. The number of hydrogen-bond donors (Lipinski definition) is 6. The van der Waals surface area contributed by atoms with Crippen LogP contribution in [0, 0.1) is 33.5 Å². The first-order chi connectivity index (χ1) is 31.4. The zero-order valence-corrected chi connectivity index (χ0v) is 38.4. The second kappa shape index (κ2) is 21.3. The molecule has 6 rings (SSSR count). The van der Waals surface area contributed by atoms with Gasteiger partial charge in [-0.1, -0.05) is 52.0 Å². The SMILES string of the molecule is COc1ccc2c(c1)[C@@H](NC[C@H](O)[C@H](Cc1cccc(C#N)c1)NC(=O)CCC(=O)N[C@@H](Cc1cccc(C#N)c1)[C@@H](O)CN[C@@H]1CC(C)(C)C(=O)c3ccc(OC)cc31)CC(C)(C)C2=O. The molecular formula is C52H60N6O8. The third kappa shape index (κ3) is 11.9. The number of carbonyl (C=O) groups excluding carboxylic acids is 4. The van der Waals surface area contributed by atoms with Gasteiger partial charge in [-0.15, -0.1) is 0 Å². The van der Waals surface area contributed by atoms with Gasteiger partial charge in [0.1, 0.15) is 11.5 Å². The minimum absolute atomic E-state index is 0.0193. The van der Waals surface area contributed by atoms with Gasteiger partial charge in [-0.05, 0) is 109 Å². The minimum atomic E-state index is -1.12. The number of aliphatic hydroxyl groups excluding tert-OH is 2. The van der Waals surface area contributed by atoms with Crippen LogP contribution in [0.2, 0.25) is 0 Å². The number of benzene rings is 4. The summed E-state index contributed by atoms with van der Waals surface area (Å²) in [5, 5.41) is 55.3. The Hall–Kier alpha value is -6.42. The van der Waals surface area contributed by atoms with Crippen LogP contribution in [0.5, 0.6) is 11.5 Å². The molecule has 346 valence electrons. The third-order valence-electron chi connectivity index (χ3n) is 12.8. The predicted molar refractivity (Wildman–Crippen MR) is 248 cm³/mol. The van der Waals surface area contributed by atoms with Gasteiger partial charge >= 0.3 is 0 Å². The summed E-state index contributed by atoms with van der Waals surface area (Å²) >= 11 is 0. The standard InChI is InChI=1S/C52H60N6O8/c1-51(2)25-43(39-23-35(65-5)13-15-37(39)49(51)63)55-29-45(59)41(21-31-9-7-11-33(19-31)27-53)57-47(61)17-18-48(62)58-42(22-32-10-8-12-34(20-32)28-54)46(60)30-56-44-26-52(3,4)50(64)38-16-14-36(66-6)24-40(38)44/h7-16,19-20,23-24,41-46,55-56,59-60H,17-18,21-22,25-26,29-30H2,1-6H3,(H,57,61)(H,58,62)/t41-,42-,43-,44+,45-,46-/m0/s1. The first-order valence-electron chi connectivity index (χ1n) is 22.3. The van der Waals surface area contributed by atoms with E-state index in [2.05, 4.69) is 33.4 Å². The van der Waals surface area contributed by atoms with Crippen molar-refractivity contribution < 1.29 is 38.9 Å². The molecule has 2 aliphatic rings. The molecule has 0 heterocycles. The lowest BCUT2D eigenvalue weighted by atomic mass is 9.71. The van der Waals surface area contributed by atoms with E-state index in [0.717, 1.165) is 11.1 Å². The molecule has 6 atom stereocenters. The molecule has 0 aliphatic heterocycles. The van der Waals surface area contributed by atoms with Crippen molar-refractivity contribution in [1.29, 1.82) is 10.5 Å². The van der Waals surface area contributed by atoms with Crippen LogP contribution in [0.15, 0.2) is 84.9 Å². The van der Waals surface area contributed by atoms with Crippen molar-refractivity contribution in [1.82, 2.24) is 21.3 Å². The van der Waals surface area contributed by atoms with Gasteiger partial charge in [-0.25, -0.2) is 0 Å². The number of aliphatic hydroxyl groups is 2. The van der Waals surface area contributed by atoms with E-state index in [-0.39, 0.29) is 62.4 Å². The average molecular weight is 897 g/mol. The fraction of sp³-hybridized carbons (Fsp3) is 0.423. The first kappa shape index (κ1) is 49.0. The molecule has 14 nitrogen and oxygen atoms in total. The Kier molecular flexibility index (Phi) is 15.8. The molecule has 0 fully saturated rings. The average Bonchev–Trinajstić information content (AvgIpc) is 3.31. The molecule has 0 saturated carbocycles. The maximum atomic E-state index is 13.7. The van der Waals surface area contributed by atoms with Gasteiger partial charge in [0.05, 0.1) is 61.8 Å². The van der Waals surface area contributed by atoms with Crippen molar-refractivity contribution in [3.63, 3.8) is 0 Å². The second-order valence-electron chi connectivity index (χ2n) is 18.7. The summed E-state index contributed by atoms with van der Waals surface area (Å²) in [5.41, 5.74) is 3.62. The lowest BCUT2D eigenvalue weighted by Crippen LogP contribution is -2.51. The van der Waals surface area contributed by atoms with Crippen molar-refractivity contribution in [2.45, 2.75) is 103 Å². The Balaban J connectivity index is 1.14. The van der Waals surface area contributed by atoms with Gasteiger partial charge in [0.15, 0.2) is 11.6 Å². The Morgan fingerprint density at radius 2 is 1.05 bits per heavy atom. The zero-order chi connectivity index (χ0) is 47.8. The first-order valence-corrected chi connectivity index (χ1v) is 22.3. The van der Waals surface area contributed by atoms with Crippen molar-refractivity contribution >= 4 is 23.4 Å². The van der Waals surface area contributed by atoms with Crippen LogP contribution >= 0.6 is 0 Å². The summed E-state index contributed by atoms with van der Waals surface area (Å²) in [4.78, 5) is 54.0. The van der Waals surface area contributed by atoms with Gasteiger partial charge in [0.2, 0.25) is 11.8 Å². The number of amides is 2. The number of Topliss-reactive ketones (excluding diaryl/α,β-unsaturated/α-hetero) is 2. The topological polar surface area (TPSA) is 223 Å². The van der Waals surface area contributed by atoms with Crippen molar-refractivity contribution in [2.75, 3.05) is 27.3 Å². The van der Waals surface area contributed by atoms with Crippen molar-refractivity contribution in [3.05, 3.63) is 129 Å². The summed E-state index contributed by atoms with van der Waals surface area (Å²) in [7, 11) is 3.11. The molecule has 0 saturated heterocycles. The quantitative estimate of drug-likeness (QED) is 0.0678. The summed E-state index contributed by atoms with van der Waals surface area (Å²) in [5.74, 6) is 0.251. The van der Waals surface area contributed by atoms with Gasteiger partial charge in [0.25, 0.3) is 0 Å². The maximum Gasteiger partial charge on any atom is 0.220 e. The molecule has 0 unspecified atom stereocenters. The van der Waals surface area contributed by atoms with Crippen LogP contribution in [0.3, 0.4) is 0 Å². The number of ketones is 2. The highest BCUT2D eigenvalue weighted by molar-refractivity contribution is 6.03. The molecule has 66 heavy (non-hydrogen) atoms. The summed E-state index contributed by atoms with van der Waals surface area (Å²) in [6.07, 6.45) is -1.42. The lowest BCUT2D eigenvalue weighted by Gasteiger charge is -2.37. The second-order valence-corrected chi connectivity index (χ2v) is 18.7. The predicted octanol–water partition coefficient (Wildman–Crippen LogP) is 5.59. The fourth-order valence-corrected chi connectivity index (χ4v) is 9.05. The maximum absolute atomic E-state index is 13.7. The Labute approximate surface area is 386 Å².